The summed E-state index contributed by atoms with van der Waals surface area (Å²) in [4.78, 5) is 0. The van der Waals surface area contributed by atoms with Crippen LogP contribution < -0.4 is 0 Å². The molecule has 0 spiro atoms. The molecular weight excluding hydrogens is 168 g/mol. The van der Waals surface area contributed by atoms with Gasteiger partial charge in [-0.2, -0.15) is 0 Å². The van der Waals surface area contributed by atoms with Crippen molar-refractivity contribution in [3.05, 3.63) is 48.1 Å². The van der Waals surface area contributed by atoms with Gasteiger partial charge in [0.2, 0.25) is 0 Å². The largest absolute Gasteiger partial charge is 0.0991 e. The average Bonchev–Trinajstić information content (AvgIpc) is 2.01. The third-order valence-electron chi connectivity index (χ3n) is 2.70. The number of allylic oxidation sites excluding steroid dienone is 6. The molecule has 0 aromatic carbocycles. The van der Waals surface area contributed by atoms with Crippen molar-refractivity contribution in [1.29, 1.82) is 0 Å². The molecule has 0 radical (unpaired) electrons. The summed E-state index contributed by atoms with van der Waals surface area (Å²) in [7, 11) is 0. The third kappa shape index (κ3) is 2.06. The number of rotatable bonds is 3. The van der Waals surface area contributed by atoms with Gasteiger partial charge in [0.15, 0.2) is 0 Å². The first kappa shape index (κ1) is 11.0. The van der Waals surface area contributed by atoms with Gasteiger partial charge in [-0.15, -0.1) is 0 Å². The molecule has 0 N–H and O–H groups in total. The van der Waals surface area contributed by atoms with Crippen molar-refractivity contribution >= 4 is 0 Å². The molecule has 0 aromatic heterocycles. The Morgan fingerprint density at radius 1 is 1.21 bits per heavy atom. The zero-order valence-electron chi connectivity index (χ0n) is 9.56. The molecule has 0 saturated heterocycles. The molecule has 1 aliphatic carbocycles. The van der Waals surface area contributed by atoms with Crippen LogP contribution in [0.15, 0.2) is 48.1 Å². The predicted molar refractivity (Wildman–Crippen MR) is 64.2 cm³/mol. The van der Waals surface area contributed by atoms with Gasteiger partial charge in [-0.25, -0.2) is 0 Å². The molecule has 1 rings (SSSR count). The molecule has 76 valence electrons. The highest BCUT2D eigenvalue weighted by molar-refractivity contribution is 5.49. The van der Waals surface area contributed by atoms with E-state index in [1.807, 2.05) is 12.2 Å². The minimum Gasteiger partial charge on any atom is -0.0991 e. The molecule has 0 bridgehead atoms. The molecule has 0 unspecified atom stereocenters. The molecule has 0 amide bonds. The van der Waals surface area contributed by atoms with Crippen LogP contribution in [0.2, 0.25) is 0 Å². The molecule has 0 fully saturated rings. The molecule has 0 heterocycles. The van der Waals surface area contributed by atoms with Gasteiger partial charge in [-0.1, -0.05) is 52.2 Å². The fourth-order valence-electron chi connectivity index (χ4n) is 1.85. The topological polar surface area (TPSA) is 0 Å². The summed E-state index contributed by atoms with van der Waals surface area (Å²) in [5.41, 5.74) is 4.51. The fraction of sp³-hybridized carbons (Fsp3) is 0.429. The van der Waals surface area contributed by atoms with E-state index in [1.165, 1.54) is 29.6 Å². The summed E-state index contributed by atoms with van der Waals surface area (Å²) in [6.45, 7) is 14.4. The van der Waals surface area contributed by atoms with Crippen LogP contribution in [0.4, 0.5) is 0 Å². The van der Waals surface area contributed by atoms with Crippen molar-refractivity contribution in [2.24, 2.45) is 5.41 Å². The number of hydrogen-bond donors (Lipinski definition) is 0. The molecule has 0 heteroatoms. The lowest BCUT2D eigenvalue weighted by Gasteiger charge is -2.32. The SMILES string of the molecule is C=C/C=C(\C1=C(C=C)CC1)C(C)(C)C. The molecule has 0 aliphatic heterocycles. The van der Waals surface area contributed by atoms with Crippen LogP contribution in [0.3, 0.4) is 0 Å². The Bertz CT molecular complexity index is 305. The second-order valence-electron chi connectivity index (χ2n) is 4.77. The summed E-state index contributed by atoms with van der Waals surface area (Å²) in [6, 6.07) is 0. The molecule has 0 nitrogen and oxygen atoms in total. The van der Waals surface area contributed by atoms with Crippen molar-refractivity contribution in [1.82, 2.24) is 0 Å². The summed E-state index contributed by atoms with van der Waals surface area (Å²) in [6.07, 6.45) is 8.38. The fourth-order valence-corrected chi connectivity index (χ4v) is 1.85. The van der Waals surface area contributed by atoms with Crippen molar-refractivity contribution in [2.45, 2.75) is 33.6 Å². The lowest BCUT2D eigenvalue weighted by molar-refractivity contribution is 0.499. The number of hydrogen-bond acceptors (Lipinski definition) is 0. The quantitative estimate of drug-likeness (QED) is 0.575. The van der Waals surface area contributed by atoms with Gasteiger partial charge in [-0.3, -0.25) is 0 Å². The minimum atomic E-state index is 0.207. The second kappa shape index (κ2) is 4.00. The third-order valence-corrected chi connectivity index (χ3v) is 2.70. The molecule has 1 aliphatic rings. The van der Waals surface area contributed by atoms with Gasteiger partial charge in [0.05, 0.1) is 0 Å². The van der Waals surface area contributed by atoms with E-state index < -0.39 is 0 Å². The van der Waals surface area contributed by atoms with Crippen LogP contribution in [0.1, 0.15) is 33.6 Å². The second-order valence-corrected chi connectivity index (χ2v) is 4.77. The maximum Gasteiger partial charge on any atom is -0.0129 e. The van der Waals surface area contributed by atoms with E-state index in [2.05, 4.69) is 40.0 Å². The summed E-state index contributed by atoms with van der Waals surface area (Å²) in [5.74, 6) is 0. The van der Waals surface area contributed by atoms with Gasteiger partial charge in [0, 0.05) is 0 Å². The zero-order valence-corrected chi connectivity index (χ0v) is 9.56. The Kier molecular flexibility index (Phi) is 3.15. The van der Waals surface area contributed by atoms with E-state index >= 15 is 0 Å². The van der Waals surface area contributed by atoms with Gasteiger partial charge in [0.1, 0.15) is 0 Å². The van der Waals surface area contributed by atoms with Crippen LogP contribution in [-0.4, -0.2) is 0 Å². The van der Waals surface area contributed by atoms with Gasteiger partial charge in [0.25, 0.3) is 0 Å². The average molecular weight is 188 g/mol. The van der Waals surface area contributed by atoms with Crippen molar-refractivity contribution in [3.63, 3.8) is 0 Å². The highest BCUT2D eigenvalue weighted by Gasteiger charge is 2.25. The van der Waals surface area contributed by atoms with Crippen LogP contribution in [0, 0.1) is 5.41 Å². The van der Waals surface area contributed by atoms with E-state index in [0.717, 1.165) is 0 Å². The highest BCUT2D eigenvalue weighted by atomic mass is 14.3. The Morgan fingerprint density at radius 3 is 2.14 bits per heavy atom. The predicted octanol–water partition coefficient (Wildman–Crippen LogP) is 4.42. The van der Waals surface area contributed by atoms with Crippen molar-refractivity contribution in [2.75, 3.05) is 0 Å². The van der Waals surface area contributed by atoms with Gasteiger partial charge < -0.3 is 0 Å². The van der Waals surface area contributed by atoms with Gasteiger partial charge in [-0.05, 0) is 35.0 Å². The first-order chi connectivity index (χ1) is 6.50. The van der Waals surface area contributed by atoms with Gasteiger partial charge >= 0.3 is 0 Å². The van der Waals surface area contributed by atoms with Crippen LogP contribution in [0.5, 0.6) is 0 Å². The lowest BCUT2D eigenvalue weighted by Crippen LogP contribution is -2.16. The van der Waals surface area contributed by atoms with E-state index in [0.29, 0.717) is 0 Å². The molecule has 14 heavy (non-hydrogen) atoms. The Balaban J connectivity index is 3.09. The maximum atomic E-state index is 3.85. The van der Waals surface area contributed by atoms with E-state index in [9.17, 15) is 0 Å². The lowest BCUT2D eigenvalue weighted by atomic mass is 9.73. The van der Waals surface area contributed by atoms with Crippen LogP contribution >= 0.6 is 0 Å². The van der Waals surface area contributed by atoms with E-state index in [-0.39, 0.29) is 5.41 Å². The smallest absolute Gasteiger partial charge is 0.0129 e. The minimum absolute atomic E-state index is 0.207. The summed E-state index contributed by atoms with van der Waals surface area (Å²) >= 11 is 0. The zero-order chi connectivity index (χ0) is 10.8. The van der Waals surface area contributed by atoms with E-state index in [4.69, 9.17) is 0 Å². The molecule has 0 aromatic rings. The molecule has 0 atom stereocenters. The monoisotopic (exact) mass is 188 g/mol. The standard InChI is InChI=1S/C14H20/c1-6-8-13(14(3,4)5)12-10-9-11(12)7-2/h6-8H,1-2,9-10H2,3-5H3/b13-8+. The Hall–Kier alpha value is -1.04. The molecular formula is C14H20. The maximum absolute atomic E-state index is 3.85. The van der Waals surface area contributed by atoms with Crippen LogP contribution in [0.25, 0.3) is 0 Å². The first-order valence-electron chi connectivity index (χ1n) is 5.18. The first-order valence-corrected chi connectivity index (χ1v) is 5.18. The summed E-state index contributed by atoms with van der Waals surface area (Å²) < 4.78 is 0. The normalized spacial score (nSPS) is 17.8. The Labute approximate surface area is 87.7 Å². The highest BCUT2D eigenvalue weighted by Crippen LogP contribution is 2.41. The molecule has 0 saturated carbocycles. The van der Waals surface area contributed by atoms with Crippen molar-refractivity contribution < 1.29 is 0 Å². The van der Waals surface area contributed by atoms with Crippen LogP contribution in [-0.2, 0) is 0 Å². The van der Waals surface area contributed by atoms with E-state index in [1.54, 1.807) is 0 Å². The summed E-state index contributed by atoms with van der Waals surface area (Å²) in [5, 5.41) is 0. The van der Waals surface area contributed by atoms with Crippen molar-refractivity contribution in [3.8, 4) is 0 Å². The Morgan fingerprint density at radius 2 is 1.86 bits per heavy atom.